The van der Waals surface area contributed by atoms with Gasteiger partial charge in [-0.3, -0.25) is 4.79 Å². The van der Waals surface area contributed by atoms with E-state index in [1.807, 2.05) is 0 Å². The highest BCUT2D eigenvalue weighted by atomic mass is 19.2. The van der Waals surface area contributed by atoms with Crippen molar-refractivity contribution >= 4 is 12.5 Å². The molecule has 0 radical (unpaired) electrons. The maximum absolute atomic E-state index is 13.4. The molecule has 0 aliphatic heterocycles. The van der Waals surface area contributed by atoms with Crippen LogP contribution in [0.5, 0.6) is 0 Å². The van der Waals surface area contributed by atoms with E-state index in [0.717, 1.165) is 50.3 Å². The maximum atomic E-state index is 13.4. The van der Waals surface area contributed by atoms with Gasteiger partial charge in [-0.15, -0.1) is 0 Å². The van der Waals surface area contributed by atoms with Gasteiger partial charge < -0.3 is 69.3 Å². The summed E-state index contributed by atoms with van der Waals surface area (Å²) >= 11 is 0. The Morgan fingerprint density at radius 3 is 1.45 bits per heavy atom. The van der Waals surface area contributed by atoms with Crippen molar-refractivity contribution < 1.29 is 75.6 Å². The number of nitrogens with one attached hydrogen (secondary N) is 3. The van der Waals surface area contributed by atoms with Crippen LogP contribution in [-0.4, -0.2) is 165 Å². The minimum atomic E-state index is -1.71. The minimum Gasteiger partial charge on any atom is -0.396 e. The molecule has 0 amide bonds. The first kappa shape index (κ1) is 77.9. The standard InChI is InChI=1S/C33H64N2O9.C15H28O3.C11H10F4.C4H8.CH3N/c1-6-8-33(30(3)7-2)29-34-11-15-39-19-21-41-23-25-43-27-28-44-26-24-42-22-20-40-16-12-35-31(4)9-13-37-17-18-38-14-10-32(5)36;1-10(11-4-2-5-11)8-14(17)15(18)13(9-16)12-6-3-7-12;1-5-7(6-3-2-4-6)9(13)11(15)10(14)8(5)12;1-2-4-3-1;1-2/h29-30,34-35H,4,6-28H2,1-3,5H3;10-18H,2-9H2,1H3;6H,2-4H2,1H3;1-4H2;2H,1H2/b33-29-;;;;. The van der Waals surface area contributed by atoms with Crippen LogP contribution in [0, 0.1) is 65.2 Å². The first-order chi connectivity index (χ1) is 40.2. The third kappa shape index (κ3) is 35.4. The Kier molecular flexibility index (Phi) is 47.9. The zero-order valence-electron chi connectivity index (χ0n) is 52.0. The molecule has 0 heterocycles. The van der Waals surface area contributed by atoms with Gasteiger partial charge in [-0.2, -0.15) is 0 Å². The topological polar surface area (TPSA) is 200 Å². The summed E-state index contributed by atoms with van der Waals surface area (Å²) < 4.78 is 96.4. The monoisotopic (exact) mass is 1190 g/mol. The summed E-state index contributed by atoms with van der Waals surface area (Å²) in [7, 11) is 0. The molecule has 15 nitrogen and oxygen atoms in total. The molecular weight excluding hydrogens is 1080 g/mol. The molecule has 5 atom stereocenters. The van der Waals surface area contributed by atoms with Crippen molar-refractivity contribution in [1.29, 1.82) is 5.41 Å². The molecule has 4 fully saturated rings. The number of aliphatic hydroxyl groups excluding tert-OH is 3. The lowest BCUT2D eigenvalue weighted by Crippen LogP contribution is -2.42. The molecule has 1 aromatic rings. The van der Waals surface area contributed by atoms with Crippen molar-refractivity contribution in [1.82, 2.24) is 10.6 Å². The fourth-order valence-electron chi connectivity index (χ4n) is 9.27. The quantitative estimate of drug-likeness (QED) is 0.0119. The molecule has 4 aliphatic rings. The van der Waals surface area contributed by atoms with E-state index in [-0.39, 0.29) is 35.4 Å². The third-order valence-corrected chi connectivity index (χ3v) is 15.9. The number of Topliss-reactive ketones (excluding diaryl/α,β-unsaturated/α-hetero) is 1. The Morgan fingerprint density at radius 1 is 0.614 bits per heavy atom. The first-order valence-corrected chi connectivity index (χ1v) is 31.3. The van der Waals surface area contributed by atoms with E-state index in [1.165, 1.54) is 76.7 Å². The van der Waals surface area contributed by atoms with Crippen LogP contribution in [0.1, 0.15) is 174 Å². The van der Waals surface area contributed by atoms with E-state index >= 15 is 0 Å². The summed E-state index contributed by atoms with van der Waals surface area (Å²) in [5.74, 6) is -3.78. The number of benzene rings is 1. The number of ether oxygens (including phenoxy) is 8. The summed E-state index contributed by atoms with van der Waals surface area (Å²) in [6.45, 7) is 28.4. The average Bonchev–Trinajstić information content (AvgIpc) is 3.62. The largest absolute Gasteiger partial charge is 0.396 e. The second-order valence-electron chi connectivity index (χ2n) is 22.2. The number of aliphatic hydroxyl groups is 3. The second-order valence-corrected chi connectivity index (χ2v) is 22.2. The van der Waals surface area contributed by atoms with Crippen LogP contribution in [-0.2, 0) is 42.7 Å². The van der Waals surface area contributed by atoms with Gasteiger partial charge in [0, 0.05) is 49.7 Å². The zero-order valence-corrected chi connectivity index (χ0v) is 52.0. The van der Waals surface area contributed by atoms with Gasteiger partial charge in [-0.05, 0) is 107 Å². The SMILES string of the molecule is C1CCC1.C=C(CCOCCOCCC(C)=O)NCCOCCOCCOCCOCCOCCOCCN/C=C(/CCC)C(C)CC.C=N.CC(CC(O)C(O)C(CO)C1CCC1)C1CCC1.Cc1c(F)c(F)c(F)c(F)c1C1CCC1. The van der Waals surface area contributed by atoms with Gasteiger partial charge >= 0.3 is 0 Å². The fraction of sp³-hybridized carbons (Fsp3) is 0.812. The lowest BCUT2D eigenvalue weighted by molar-refractivity contribution is -0.118. The van der Waals surface area contributed by atoms with Crippen LogP contribution in [0.15, 0.2) is 24.0 Å². The van der Waals surface area contributed by atoms with E-state index in [4.69, 9.17) is 43.3 Å². The summed E-state index contributed by atoms with van der Waals surface area (Å²) in [4.78, 5) is 10.8. The molecule has 83 heavy (non-hydrogen) atoms. The number of rotatable bonds is 44. The van der Waals surface area contributed by atoms with E-state index in [9.17, 15) is 37.7 Å². The van der Waals surface area contributed by atoms with Gasteiger partial charge in [-0.1, -0.05) is 104 Å². The van der Waals surface area contributed by atoms with Crippen molar-refractivity contribution in [2.24, 2.45) is 29.6 Å². The van der Waals surface area contributed by atoms with Crippen LogP contribution >= 0.6 is 0 Å². The number of hydrogen-bond acceptors (Lipinski definition) is 15. The van der Waals surface area contributed by atoms with Gasteiger partial charge in [0.2, 0.25) is 0 Å². The van der Waals surface area contributed by atoms with E-state index in [2.05, 4.69) is 57.8 Å². The minimum absolute atomic E-state index is 0.000697. The Balaban J connectivity index is 0.000000703. The molecule has 1 aromatic carbocycles. The van der Waals surface area contributed by atoms with E-state index in [1.54, 1.807) is 6.92 Å². The van der Waals surface area contributed by atoms with Crippen molar-refractivity contribution in [2.45, 2.75) is 182 Å². The molecule has 5 rings (SSSR count). The van der Waals surface area contributed by atoms with Crippen molar-refractivity contribution in [2.75, 3.05) is 125 Å². The highest BCUT2D eigenvalue weighted by Gasteiger charge is 2.37. The van der Waals surface area contributed by atoms with Crippen LogP contribution in [0.4, 0.5) is 17.6 Å². The molecule has 0 bridgehead atoms. The summed E-state index contributed by atoms with van der Waals surface area (Å²) in [5, 5.41) is 41.9. The number of ketones is 1. The summed E-state index contributed by atoms with van der Waals surface area (Å²) in [6.07, 6.45) is 21.7. The Morgan fingerprint density at radius 2 is 1.05 bits per heavy atom. The number of halogens is 4. The molecule has 0 spiro atoms. The molecule has 4 aliphatic carbocycles. The van der Waals surface area contributed by atoms with Gasteiger partial charge in [0.25, 0.3) is 0 Å². The average molecular weight is 1190 g/mol. The van der Waals surface area contributed by atoms with Gasteiger partial charge in [0.1, 0.15) is 5.78 Å². The van der Waals surface area contributed by atoms with Gasteiger partial charge in [0.15, 0.2) is 23.3 Å². The lowest BCUT2D eigenvalue weighted by atomic mass is 9.70. The molecule has 0 aromatic heterocycles. The van der Waals surface area contributed by atoms with Crippen molar-refractivity contribution in [3.05, 3.63) is 58.4 Å². The number of carbonyl (C=O) groups is 1. The molecule has 0 saturated heterocycles. The maximum Gasteiger partial charge on any atom is 0.197 e. The molecule has 6 N–H and O–H groups in total. The number of hydrogen-bond donors (Lipinski definition) is 6. The molecular formula is C64H113F4N3O12. The van der Waals surface area contributed by atoms with E-state index < -0.39 is 35.5 Å². The number of allylic oxidation sites excluding steroid dienone is 1. The number of carbonyl (C=O) groups excluding carboxylic acids is 1. The summed E-state index contributed by atoms with van der Waals surface area (Å²) in [6, 6.07) is 0. The zero-order chi connectivity index (χ0) is 61.5. The molecule has 5 unspecified atom stereocenters. The van der Waals surface area contributed by atoms with Crippen LogP contribution in [0.2, 0.25) is 0 Å². The fourth-order valence-corrected chi connectivity index (χ4v) is 9.27. The van der Waals surface area contributed by atoms with Crippen LogP contribution < -0.4 is 10.6 Å². The lowest BCUT2D eigenvalue weighted by Gasteiger charge is -2.39. The first-order valence-electron chi connectivity index (χ1n) is 31.3. The highest BCUT2D eigenvalue weighted by molar-refractivity contribution is 5.75. The Bertz CT molecular complexity index is 1770. The normalized spacial score (nSPS) is 16.9. The van der Waals surface area contributed by atoms with Gasteiger partial charge in [-0.25, -0.2) is 17.6 Å². The Hall–Kier alpha value is -3.08. The van der Waals surface area contributed by atoms with Gasteiger partial charge in [0.05, 0.1) is 118 Å². The van der Waals surface area contributed by atoms with Crippen molar-refractivity contribution in [3.8, 4) is 0 Å². The van der Waals surface area contributed by atoms with Crippen LogP contribution in [0.25, 0.3) is 0 Å². The predicted molar refractivity (Wildman–Crippen MR) is 321 cm³/mol. The van der Waals surface area contributed by atoms with Crippen molar-refractivity contribution in [3.63, 3.8) is 0 Å². The van der Waals surface area contributed by atoms with E-state index in [0.29, 0.717) is 156 Å². The predicted octanol–water partition coefficient (Wildman–Crippen LogP) is 11.5. The Labute approximate surface area is 497 Å². The summed E-state index contributed by atoms with van der Waals surface area (Å²) in [5.41, 5.74) is 2.31. The molecule has 4 saturated carbocycles. The highest BCUT2D eigenvalue weighted by Crippen LogP contribution is 2.41. The smallest absolute Gasteiger partial charge is 0.197 e. The van der Waals surface area contributed by atoms with Crippen LogP contribution in [0.3, 0.4) is 0 Å². The third-order valence-electron chi connectivity index (χ3n) is 15.9. The molecule has 484 valence electrons. The molecule has 19 heteroatoms. The second kappa shape index (κ2) is 51.0.